The van der Waals surface area contributed by atoms with Gasteiger partial charge in [0.25, 0.3) is 0 Å². The van der Waals surface area contributed by atoms with Gasteiger partial charge in [0.05, 0.1) is 0 Å². The van der Waals surface area contributed by atoms with Crippen LogP contribution in [0.25, 0.3) is 0 Å². The maximum atomic E-state index is 9.29. The Labute approximate surface area is 75.4 Å². The molecule has 1 fully saturated rings. The molecular formula is C10H21NO. The number of rotatable bonds is 3. The van der Waals surface area contributed by atoms with Crippen LogP contribution in [0.5, 0.6) is 0 Å². The normalized spacial score (nSPS) is 25.2. The lowest BCUT2D eigenvalue weighted by Gasteiger charge is -2.38. The van der Waals surface area contributed by atoms with Gasteiger partial charge in [-0.25, -0.2) is 0 Å². The van der Waals surface area contributed by atoms with Crippen molar-refractivity contribution in [3.8, 4) is 0 Å². The standard InChI is InChI=1S/C10H21NO/c1-3-10(11-9(2)12)7-5-4-6-8-10/h9,11-12H,3-8H2,1-2H3. The Bertz CT molecular complexity index is 128. The van der Waals surface area contributed by atoms with E-state index in [0.717, 1.165) is 6.42 Å². The molecule has 1 aliphatic carbocycles. The fourth-order valence-electron chi connectivity index (χ4n) is 2.27. The second-order valence-corrected chi connectivity index (χ2v) is 4.01. The summed E-state index contributed by atoms with van der Waals surface area (Å²) in [5.74, 6) is 0. The zero-order valence-electron chi connectivity index (χ0n) is 8.27. The second kappa shape index (κ2) is 4.24. The van der Waals surface area contributed by atoms with Gasteiger partial charge in [0.15, 0.2) is 0 Å². The number of aliphatic hydroxyl groups is 1. The minimum Gasteiger partial charge on any atom is -0.379 e. The van der Waals surface area contributed by atoms with Crippen molar-refractivity contribution < 1.29 is 5.11 Å². The number of nitrogens with one attached hydrogen (secondary N) is 1. The first-order valence-corrected chi connectivity index (χ1v) is 5.14. The van der Waals surface area contributed by atoms with Crippen molar-refractivity contribution in [2.24, 2.45) is 0 Å². The first kappa shape index (κ1) is 10.0. The van der Waals surface area contributed by atoms with Gasteiger partial charge in [-0.05, 0) is 26.2 Å². The third kappa shape index (κ3) is 2.46. The molecule has 0 aliphatic heterocycles. The molecule has 1 atom stereocenters. The fourth-order valence-corrected chi connectivity index (χ4v) is 2.27. The molecule has 0 aromatic heterocycles. The molecule has 0 radical (unpaired) electrons. The summed E-state index contributed by atoms with van der Waals surface area (Å²) < 4.78 is 0. The van der Waals surface area contributed by atoms with Crippen LogP contribution in [0.15, 0.2) is 0 Å². The van der Waals surface area contributed by atoms with E-state index in [1.54, 1.807) is 0 Å². The fraction of sp³-hybridized carbons (Fsp3) is 1.00. The highest BCUT2D eigenvalue weighted by molar-refractivity contribution is 4.89. The van der Waals surface area contributed by atoms with Gasteiger partial charge in [-0.15, -0.1) is 0 Å². The molecule has 0 aromatic rings. The number of aliphatic hydroxyl groups excluding tert-OH is 1. The molecule has 1 rings (SSSR count). The maximum Gasteiger partial charge on any atom is 0.102 e. The highest BCUT2D eigenvalue weighted by atomic mass is 16.3. The van der Waals surface area contributed by atoms with Crippen LogP contribution in [0, 0.1) is 0 Å². The molecule has 0 amide bonds. The molecule has 12 heavy (non-hydrogen) atoms. The average molecular weight is 171 g/mol. The molecule has 72 valence electrons. The lowest BCUT2D eigenvalue weighted by molar-refractivity contribution is 0.0833. The zero-order chi connectivity index (χ0) is 9.03. The zero-order valence-corrected chi connectivity index (χ0v) is 8.27. The number of hydrogen-bond acceptors (Lipinski definition) is 2. The molecule has 2 heteroatoms. The van der Waals surface area contributed by atoms with Crippen LogP contribution < -0.4 is 5.32 Å². The average Bonchev–Trinajstić information content (AvgIpc) is 2.05. The van der Waals surface area contributed by atoms with Crippen LogP contribution in [0.3, 0.4) is 0 Å². The van der Waals surface area contributed by atoms with Crippen molar-refractivity contribution in [1.82, 2.24) is 5.32 Å². The summed E-state index contributed by atoms with van der Waals surface area (Å²) in [4.78, 5) is 0. The quantitative estimate of drug-likeness (QED) is 0.637. The topological polar surface area (TPSA) is 32.3 Å². The van der Waals surface area contributed by atoms with Gasteiger partial charge in [-0.1, -0.05) is 26.2 Å². The van der Waals surface area contributed by atoms with E-state index < -0.39 is 0 Å². The van der Waals surface area contributed by atoms with E-state index in [-0.39, 0.29) is 11.8 Å². The summed E-state index contributed by atoms with van der Waals surface area (Å²) >= 11 is 0. The Morgan fingerprint density at radius 2 is 1.92 bits per heavy atom. The molecule has 0 spiro atoms. The molecule has 1 saturated carbocycles. The molecule has 0 aromatic carbocycles. The minimum absolute atomic E-state index is 0.242. The Hall–Kier alpha value is -0.0800. The van der Waals surface area contributed by atoms with Gasteiger partial charge in [0, 0.05) is 5.54 Å². The molecule has 2 N–H and O–H groups in total. The van der Waals surface area contributed by atoms with E-state index in [9.17, 15) is 5.11 Å². The van der Waals surface area contributed by atoms with Crippen LogP contribution in [-0.4, -0.2) is 16.9 Å². The lowest BCUT2D eigenvalue weighted by Crippen LogP contribution is -2.50. The van der Waals surface area contributed by atoms with Crippen LogP contribution in [0.4, 0.5) is 0 Å². The van der Waals surface area contributed by atoms with E-state index in [4.69, 9.17) is 0 Å². The van der Waals surface area contributed by atoms with E-state index in [2.05, 4.69) is 12.2 Å². The predicted octanol–water partition coefficient (Wildman–Crippen LogP) is 2.03. The van der Waals surface area contributed by atoms with E-state index in [1.807, 2.05) is 6.92 Å². The highest BCUT2D eigenvalue weighted by Crippen LogP contribution is 2.30. The highest BCUT2D eigenvalue weighted by Gasteiger charge is 2.30. The molecule has 1 aliphatic rings. The van der Waals surface area contributed by atoms with Gasteiger partial charge in [0.2, 0.25) is 0 Å². The first-order valence-electron chi connectivity index (χ1n) is 5.14. The minimum atomic E-state index is -0.358. The third-order valence-corrected chi connectivity index (χ3v) is 3.00. The van der Waals surface area contributed by atoms with Crippen LogP contribution in [0.2, 0.25) is 0 Å². The predicted molar refractivity (Wildman–Crippen MR) is 50.9 cm³/mol. The van der Waals surface area contributed by atoms with Crippen LogP contribution in [0.1, 0.15) is 52.4 Å². The monoisotopic (exact) mass is 171 g/mol. The van der Waals surface area contributed by atoms with Crippen LogP contribution in [-0.2, 0) is 0 Å². The first-order chi connectivity index (χ1) is 5.68. The second-order valence-electron chi connectivity index (χ2n) is 4.01. The molecule has 0 heterocycles. The summed E-state index contributed by atoms with van der Waals surface area (Å²) in [5, 5.41) is 12.6. The molecular weight excluding hydrogens is 150 g/mol. The van der Waals surface area contributed by atoms with E-state index in [1.165, 1.54) is 32.1 Å². The van der Waals surface area contributed by atoms with Gasteiger partial charge in [-0.2, -0.15) is 0 Å². The van der Waals surface area contributed by atoms with Crippen molar-refractivity contribution in [2.45, 2.75) is 64.1 Å². The summed E-state index contributed by atoms with van der Waals surface area (Å²) in [6.45, 7) is 4.02. The maximum absolute atomic E-state index is 9.29. The summed E-state index contributed by atoms with van der Waals surface area (Å²) in [6, 6.07) is 0. The van der Waals surface area contributed by atoms with Gasteiger partial charge in [0.1, 0.15) is 6.23 Å². The van der Waals surface area contributed by atoms with Crippen molar-refractivity contribution in [1.29, 1.82) is 0 Å². The third-order valence-electron chi connectivity index (χ3n) is 3.00. The Balaban J connectivity index is 2.48. The van der Waals surface area contributed by atoms with Gasteiger partial charge >= 0.3 is 0 Å². The lowest BCUT2D eigenvalue weighted by atomic mass is 9.79. The van der Waals surface area contributed by atoms with Crippen molar-refractivity contribution in [2.75, 3.05) is 0 Å². The van der Waals surface area contributed by atoms with E-state index in [0.29, 0.717) is 0 Å². The van der Waals surface area contributed by atoms with E-state index >= 15 is 0 Å². The van der Waals surface area contributed by atoms with Crippen molar-refractivity contribution in [3.63, 3.8) is 0 Å². The van der Waals surface area contributed by atoms with Crippen molar-refractivity contribution in [3.05, 3.63) is 0 Å². The van der Waals surface area contributed by atoms with Gasteiger partial charge in [-0.3, -0.25) is 5.32 Å². The number of hydrogen-bond donors (Lipinski definition) is 2. The smallest absolute Gasteiger partial charge is 0.102 e. The Kier molecular flexibility index (Phi) is 3.53. The van der Waals surface area contributed by atoms with Crippen molar-refractivity contribution >= 4 is 0 Å². The Morgan fingerprint density at radius 3 is 2.33 bits per heavy atom. The summed E-state index contributed by atoms with van der Waals surface area (Å²) in [6.07, 6.45) is 7.23. The molecule has 2 nitrogen and oxygen atoms in total. The molecule has 0 saturated heterocycles. The molecule has 0 bridgehead atoms. The SMILES string of the molecule is CCC1(NC(C)O)CCCCC1. The van der Waals surface area contributed by atoms with Gasteiger partial charge < -0.3 is 5.11 Å². The summed E-state index contributed by atoms with van der Waals surface area (Å²) in [7, 11) is 0. The van der Waals surface area contributed by atoms with Crippen LogP contribution >= 0.6 is 0 Å². The largest absolute Gasteiger partial charge is 0.379 e. The molecule has 1 unspecified atom stereocenters. The Morgan fingerprint density at radius 1 is 1.33 bits per heavy atom. The summed E-state index contributed by atoms with van der Waals surface area (Å²) in [5.41, 5.74) is 0.242.